The Morgan fingerprint density at radius 2 is 2.12 bits per heavy atom. The van der Waals surface area contributed by atoms with Gasteiger partial charge in [0.1, 0.15) is 5.69 Å². The summed E-state index contributed by atoms with van der Waals surface area (Å²) in [6, 6.07) is 5.28. The highest BCUT2D eigenvalue weighted by Gasteiger charge is 2.17. The molecule has 0 radical (unpaired) electrons. The van der Waals surface area contributed by atoms with Crippen LogP contribution in [0.25, 0.3) is 0 Å². The maximum Gasteiger partial charge on any atom is 0.278 e. The molecule has 0 aromatic carbocycles. The summed E-state index contributed by atoms with van der Waals surface area (Å²) in [4.78, 5) is 23.1. The maximum absolute atomic E-state index is 12.1. The molecule has 0 atom stereocenters. The van der Waals surface area contributed by atoms with E-state index in [2.05, 4.69) is 9.97 Å². The van der Waals surface area contributed by atoms with E-state index < -0.39 is 0 Å². The van der Waals surface area contributed by atoms with E-state index >= 15 is 0 Å². The fourth-order valence-corrected chi connectivity index (χ4v) is 2.22. The van der Waals surface area contributed by atoms with Crippen LogP contribution in [-0.4, -0.2) is 22.9 Å². The third-order valence-electron chi connectivity index (χ3n) is 2.49. The summed E-state index contributed by atoms with van der Waals surface area (Å²) in [6.45, 7) is 3.93. The van der Waals surface area contributed by atoms with Gasteiger partial charge in [0.05, 0.1) is 5.69 Å². The van der Waals surface area contributed by atoms with Crippen LogP contribution >= 0.6 is 11.3 Å². The van der Waals surface area contributed by atoms with Gasteiger partial charge in [0, 0.05) is 18.1 Å². The summed E-state index contributed by atoms with van der Waals surface area (Å²) in [5.74, 6) is -0.139. The second-order valence-corrected chi connectivity index (χ2v) is 4.90. The number of hydrogen-bond acceptors (Lipinski definition) is 4. The fraction of sp³-hybridized carbons (Fsp3) is 0.250. The molecule has 2 aromatic rings. The molecule has 0 saturated heterocycles. The van der Waals surface area contributed by atoms with E-state index in [0.29, 0.717) is 10.8 Å². The molecule has 0 unspecified atom stereocenters. The van der Waals surface area contributed by atoms with Crippen molar-refractivity contribution in [3.8, 4) is 0 Å². The summed E-state index contributed by atoms with van der Waals surface area (Å²) in [5, 5.41) is 0.704. The average Bonchev–Trinajstić information content (AvgIpc) is 2.69. The highest BCUT2D eigenvalue weighted by atomic mass is 32.1. The second-order valence-electron chi connectivity index (χ2n) is 3.72. The van der Waals surface area contributed by atoms with Crippen LogP contribution in [0.4, 0.5) is 5.13 Å². The van der Waals surface area contributed by atoms with Crippen molar-refractivity contribution in [3.63, 3.8) is 0 Å². The summed E-state index contributed by atoms with van der Waals surface area (Å²) < 4.78 is 0. The molecule has 2 aromatic heterocycles. The number of rotatable bonds is 2. The van der Waals surface area contributed by atoms with Crippen LogP contribution in [0.1, 0.15) is 21.1 Å². The summed E-state index contributed by atoms with van der Waals surface area (Å²) >= 11 is 1.51. The monoisotopic (exact) mass is 247 g/mol. The topological polar surface area (TPSA) is 46.1 Å². The molecule has 0 spiro atoms. The number of amides is 1. The number of thiazole rings is 1. The van der Waals surface area contributed by atoms with Gasteiger partial charge in [0.2, 0.25) is 0 Å². The molecule has 88 valence electrons. The number of carbonyl (C=O) groups is 1. The summed E-state index contributed by atoms with van der Waals surface area (Å²) in [7, 11) is 1.72. The average molecular weight is 247 g/mol. The Hall–Kier alpha value is -1.75. The van der Waals surface area contributed by atoms with Crippen molar-refractivity contribution >= 4 is 22.4 Å². The number of carbonyl (C=O) groups excluding carboxylic acids is 1. The minimum absolute atomic E-state index is 0.139. The molecule has 0 aliphatic rings. The molecule has 0 saturated carbocycles. The quantitative estimate of drug-likeness (QED) is 0.818. The highest BCUT2D eigenvalue weighted by Crippen LogP contribution is 2.24. The number of nitrogens with zero attached hydrogens (tertiary/aromatic N) is 3. The molecule has 0 N–H and O–H groups in total. The molecule has 2 heterocycles. The normalized spacial score (nSPS) is 10.3. The van der Waals surface area contributed by atoms with Gasteiger partial charge in [-0.3, -0.25) is 14.7 Å². The second kappa shape index (κ2) is 4.63. The van der Waals surface area contributed by atoms with E-state index in [-0.39, 0.29) is 5.91 Å². The van der Waals surface area contributed by atoms with Crippen LogP contribution in [0, 0.1) is 13.8 Å². The van der Waals surface area contributed by atoms with Gasteiger partial charge < -0.3 is 0 Å². The molecule has 2 rings (SSSR count). The van der Waals surface area contributed by atoms with Crippen LogP contribution in [0.3, 0.4) is 0 Å². The number of aryl methyl sites for hydroxylation is 2. The Bertz CT molecular complexity index is 516. The van der Waals surface area contributed by atoms with Crippen molar-refractivity contribution in [2.24, 2.45) is 0 Å². The first-order valence-corrected chi connectivity index (χ1v) is 6.04. The first-order valence-electron chi connectivity index (χ1n) is 5.22. The van der Waals surface area contributed by atoms with Crippen molar-refractivity contribution in [1.82, 2.24) is 9.97 Å². The van der Waals surface area contributed by atoms with Crippen molar-refractivity contribution in [1.29, 1.82) is 0 Å². The van der Waals surface area contributed by atoms with Gasteiger partial charge in [-0.15, -0.1) is 11.3 Å². The Kier molecular flexibility index (Phi) is 3.19. The van der Waals surface area contributed by atoms with Crippen LogP contribution < -0.4 is 4.90 Å². The Balaban J connectivity index is 2.26. The first kappa shape index (κ1) is 11.7. The van der Waals surface area contributed by atoms with Crippen molar-refractivity contribution < 1.29 is 4.79 Å². The van der Waals surface area contributed by atoms with Crippen LogP contribution in [0.5, 0.6) is 0 Å². The lowest BCUT2D eigenvalue weighted by Gasteiger charge is -2.12. The van der Waals surface area contributed by atoms with Gasteiger partial charge >= 0.3 is 0 Å². The Labute approximate surface area is 104 Å². The zero-order chi connectivity index (χ0) is 12.4. The fourth-order valence-electron chi connectivity index (χ4n) is 1.35. The Morgan fingerprint density at radius 1 is 1.35 bits per heavy atom. The third-order valence-corrected chi connectivity index (χ3v) is 3.64. The lowest BCUT2D eigenvalue weighted by molar-refractivity contribution is 0.0988. The molecule has 0 aliphatic carbocycles. The molecule has 17 heavy (non-hydrogen) atoms. The molecular formula is C12H13N3OS. The SMILES string of the molecule is Cc1nc(N(C)C(=O)c2ccccn2)sc1C. The van der Waals surface area contributed by atoms with E-state index in [9.17, 15) is 4.79 Å². The van der Waals surface area contributed by atoms with Crippen LogP contribution in [-0.2, 0) is 0 Å². The predicted molar refractivity (Wildman–Crippen MR) is 68.6 cm³/mol. The molecular weight excluding hydrogens is 234 g/mol. The molecule has 1 amide bonds. The lowest BCUT2D eigenvalue weighted by atomic mass is 10.3. The highest BCUT2D eigenvalue weighted by molar-refractivity contribution is 7.15. The van der Waals surface area contributed by atoms with E-state index in [1.54, 1.807) is 31.4 Å². The van der Waals surface area contributed by atoms with Gasteiger partial charge in [-0.05, 0) is 26.0 Å². The van der Waals surface area contributed by atoms with E-state index in [1.807, 2.05) is 13.8 Å². The maximum atomic E-state index is 12.1. The Morgan fingerprint density at radius 3 is 2.65 bits per heavy atom. The molecule has 4 nitrogen and oxygen atoms in total. The van der Waals surface area contributed by atoms with E-state index in [1.165, 1.54) is 16.2 Å². The van der Waals surface area contributed by atoms with Crippen molar-refractivity contribution in [3.05, 3.63) is 40.7 Å². The molecule has 5 heteroatoms. The largest absolute Gasteiger partial charge is 0.286 e. The van der Waals surface area contributed by atoms with Crippen LogP contribution in [0.15, 0.2) is 24.4 Å². The first-order chi connectivity index (χ1) is 8.09. The predicted octanol–water partition coefficient (Wildman–Crippen LogP) is 2.43. The smallest absolute Gasteiger partial charge is 0.278 e. The lowest BCUT2D eigenvalue weighted by Crippen LogP contribution is -2.26. The molecule has 0 fully saturated rings. The number of aromatic nitrogens is 2. The van der Waals surface area contributed by atoms with Gasteiger partial charge in [-0.2, -0.15) is 0 Å². The zero-order valence-corrected chi connectivity index (χ0v) is 10.8. The van der Waals surface area contributed by atoms with Gasteiger partial charge in [0.15, 0.2) is 5.13 Å². The van der Waals surface area contributed by atoms with E-state index in [4.69, 9.17) is 0 Å². The third kappa shape index (κ3) is 2.34. The van der Waals surface area contributed by atoms with E-state index in [0.717, 1.165) is 10.6 Å². The number of hydrogen-bond donors (Lipinski definition) is 0. The van der Waals surface area contributed by atoms with Gasteiger partial charge in [0.25, 0.3) is 5.91 Å². The van der Waals surface area contributed by atoms with Crippen molar-refractivity contribution in [2.45, 2.75) is 13.8 Å². The summed E-state index contributed by atoms with van der Waals surface area (Å²) in [5.41, 5.74) is 1.39. The van der Waals surface area contributed by atoms with Crippen LogP contribution in [0.2, 0.25) is 0 Å². The molecule has 0 aliphatic heterocycles. The summed E-state index contributed by atoms with van der Waals surface area (Å²) in [6.07, 6.45) is 1.61. The molecule has 0 bridgehead atoms. The standard InChI is InChI=1S/C12H13N3OS/c1-8-9(2)17-12(14-8)15(3)11(16)10-6-4-5-7-13-10/h4-7H,1-3H3. The number of pyridine rings is 1. The minimum atomic E-state index is -0.139. The van der Waals surface area contributed by atoms with Gasteiger partial charge in [-0.1, -0.05) is 6.07 Å². The van der Waals surface area contributed by atoms with Crippen molar-refractivity contribution in [2.75, 3.05) is 11.9 Å². The zero-order valence-electron chi connectivity index (χ0n) is 9.97. The number of anilines is 1. The van der Waals surface area contributed by atoms with Gasteiger partial charge in [-0.25, -0.2) is 4.98 Å². The minimum Gasteiger partial charge on any atom is -0.286 e.